The number of nitrogens with one attached hydrogen (secondary N) is 1. The first-order chi connectivity index (χ1) is 11.6. The summed E-state index contributed by atoms with van der Waals surface area (Å²) in [4.78, 5) is 22.5. The van der Waals surface area contributed by atoms with Crippen LogP contribution >= 0.6 is 0 Å². The molecule has 0 radical (unpaired) electrons. The molecule has 0 aliphatic rings. The van der Waals surface area contributed by atoms with E-state index in [2.05, 4.69) is 12.2 Å². The standard InChI is InChI=1S/C19H29NO4/c1-3-4-5-6-7-8-14-23-18-11-9-17(10-12-18)19(22)24-15-13-20-16(2)21/h9-12H,3-8,13-15H2,1-2H3,(H,20,21). The van der Waals surface area contributed by atoms with Crippen molar-refractivity contribution in [2.45, 2.75) is 52.4 Å². The van der Waals surface area contributed by atoms with Crippen molar-refractivity contribution in [3.63, 3.8) is 0 Å². The van der Waals surface area contributed by atoms with E-state index in [-0.39, 0.29) is 12.5 Å². The Labute approximate surface area is 144 Å². The lowest BCUT2D eigenvalue weighted by Crippen LogP contribution is -2.25. The molecule has 1 aromatic carbocycles. The highest BCUT2D eigenvalue weighted by atomic mass is 16.5. The summed E-state index contributed by atoms with van der Waals surface area (Å²) >= 11 is 0. The van der Waals surface area contributed by atoms with Crippen LogP contribution in [-0.4, -0.2) is 31.6 Å². The summed E-state index contributed by atoms with van der Waals surface area (Å²) in [6.45, 7) is 4.82. The number of esters is 1. The predicted octanol–water partition coefficient (Wildman–Crippen LogP) is 3.72. The molecule has 0 atom stereocenters. The van der Waals surface area contributed by atoms with E-state index in [1.807, 2.05) is 0 Å². The average molecular weight is 335 g/mol. The van der Waals surface area contributed by atoms with Crippen molar-refractivity contribution in [3.8, 4) is 5.75 Å². The number of benzene rings is 1. The smallest absolute Gasteiger partial charge is 0.338 e. The van der Waals surface area contributed by atoms with Gasteiger partial charge in [-0.05, 0) is 30.7 Å². The molecule has 0 saturated carbocycles. The van der Waals surface area contributed by atoms with Crippen LogP contribution < -0.4 is 10.1 Å². The monoisotopic (exact) mass is 335 g/mol. The van der Waals surface area contributed by atoms with E-state index in [1.54, 1.807) is 24.3 Å². The zero-order valence-electron chi connectivity index (χ0n) is 14.8. The first-order valence-corrected chi connectivity index (χ1v) is 8.78. The van der Waals surface area contributed by atoms with Crippen molar-refractivity contribution in [2.24, 2.45) is 0 Å². The number of amides is 1. The number of ether oxygens (including phenoxy) is 2. The van der Waals surface area contributed by atoms with Crippen LogP contribution in [0.1, 0.15) is 62.7 Å². The zero-order valence-corrected chi connectivity index (χ0v) is 14.8. The third-order valence-corrected chi connectivity index (χ3v) is 3.57. The maximum absolute atomic E-state index is 11.8. The van der Waals surface area contributed by atoms with Crippen molar-refractivity contribution < 1.29 is 19.1 Å². The molecule has 5 heteroatoms. The average Bonchev–Trinajstić information content (AvgIpc) is 2.58. The molecule has 1 N–H and O–H groups in total. The number of rotatable bonds is 12. The fraction of sp³-hybridized carbons (Fsp3) is 0.579. The Hall–Kier alpha value is -2.04. The molecule has 0 spiro atoms. The van der Waals surface area contributed by atoms with Gasteiger partial charge in [-0.25, -0.2) is 4.79 Å². The van der Waals surface area contributed by atoms with Crippen molar-refractivity contribution in [2.75, 3.05) is 19.8 Å². The Morgan fingerprint density at radius 2 is 1.62 bits per heavy atom. The second-order valence-corrected chi connectivity index (χ2v) is 5.76. The second-order valence-electron chi connectivity index (χ2n) is 5.76. The Morgan fingerprint density at radius 3 is 2.29 bits per heavy atom. The van der Waals surface area contributed by atoms with Gasteiger partial charge in [0, 0.05) is 6.92 Å². The van der Waals surface area contributed by atoms with Crippen LogP contribution in [-0.2, 0) is 9.53 Å². The van der Waals surface area contributed by atoms with E-state index in [0.29, 0.717) is 18.7 Å². The minimum atomic E-state index is -0.400. The molecule has 1 amide bonds. The van der Waals surface area contributed by atoms with Crippen LogP contribution in [0.25, 0.3) is 0 Å². The summed E-state index contributed by atoms with van der Waals surface area (Å²) in [6.07, 6.45) is 7.38. The van der Waals surface area contributed by atoms with Gasteiger partial charge in [-0.2, -0.15) is 0 Å². The lowest BCUT2D eigenvalue weighted by atomic mass is 10.1. The van der Waals surface area contributed by atoms with E-state index in [0.717, 1.165) is 12.2 Å². The van der Waals surface area contributed by atoms with E-state index in [9.17, 15) is 9.59 Å². The number of hydrogen-bond acceptors (Lipinski definition) is 4. The molecule has 5 nitrogen and oxygen atoms in total. The molecule has 0 aliphatic carbocycles. The highest BCUT2D eigenvalue weighted by Crippen LogP contribution is 2.14. The first-order valence-electron chi connectivity index (χ1n) is 8.78. The lowest BCUT2D eigenvalue weighted by molar-refractivity contribution is -0.119. The third kappa shape index (κ3) is 9.18. The number of carbonyl (C=O) groups is 2. The molecule has 0 heterocycles. The quantitative estimate of drug-likeness (QED) is 0.467. The molecule has 0 aliphatic heterocycles. The topological polar surface area (TPSA) is 64.6 Å². The maximum atomic E-state index is 11.8. The van der Waals surface area contributed by atoms with Crippen LogP contribution in [0.15, 0.2) is 24.3 Å². The summed E-state index contributed by atoms with van der Waals surface area (Å²) in [5.74, 6) is 0.221. The Morgan fingerprint density at radius 1 is 0.958 bits per heavy atom. The van der Waals surface area contributed by atoms with Gasteiger partial charge >= 0.3 is 5.97 Å². The number of carbonyl (C=O) groups excluding carboxylic acids is 2. The van der Waals surface area contributed by atoms with E-state index in [1.165, 1.54) is 39.0 Å². The van der Waals surface area contributed by atoms with E-state index < -0.39 is 5.97 Å². The van der Waals surface area contributed by atoms with Gasteiger partial charge in [0.2, 0.25) is 5.91 Å². The van der Waals surface area contributed by atoms with Crippen molar-refractivity contribution in [1.82, 2.24) is 5.32 Å². The minimum Gasteiger partial charge on any atom is -0.494 e. The molecule has 0 saturated heterocycles. The molecular formula is C19H29NO4. The van der Waals surface area contributed by atoms with Crippen LogP contribution in [0.2, 0.25) is 0 Å². The second kappa shape index (κ2) is 12.4. The summed E-state index contributed by atoms with van der Waals surface area (Å²) in [6, 6.07) is 6.94. The van der Waals surface area contributed by atoms with Crippen molar-refractivity contribution in [1.29, 1.82) is 0 Å². The third-order valence-electron chi connectivity index (χ3n) is 3.57. The fourth-order valence-electron chi connectivity index (χ4n) is 2.21. The largest absolute Gasteiger partial charge is 0.494 e. The van der Waals surface area contributed by atoms with Gasteiger partial charge in [-0.15, -0.1) is 0 Å². The molecule has 1 rings (SSSR count). The van der Waals surface area contributed by atoms with Crippen LogP contribution in [0.5, 0.6) is 5.75 Å². The number of unbranched alkanes of at least 4 members (excludes halogenated alkanes) is 5. The van der Waals surface area contributed by atoms with Gasteiger partial charge in [0.05, 0.1) is 18.7 Å². The van der Waals surface area contributed by atoms with Gasteiger partial charge < -0.3 is 14.8 Å². The molecule has 0 unspecified atom stereocenters. The molecule has 134 valence electrons. The first kappa shape index (κ1) is 20.0. The van der Waals surface area contributed by atoms with Crippen LogP contribution in [0.3, 0.4) is 0 Å². The highest BCUT2D eigenvalue weighted by Gasteiger charge is 2.07. The number of hydrogen-bond donors (Lipinski definition) is 1. The summed E-state index contributed by atoms with van der Waals surface area (Å²) in [5, 5.41) is 2.57. The summed E-state index contributed by atoms with van der Waals surface area (Å²) in [5.41, 5.74) is 0.477. The molecule has 1 aromatic rings. The maximum Gasteiger partial charge on any atom is 0.338 e. The highest BCUT2D eigenvalue weighted by molar-refractivity contribution is 5.89. The van der Waals surface area contributed by atoms with Gasteiger partial charge in [0.15, 0.2) is 0 Å². The normalized spacial score (nSPS) is 10.2. The molecular weight excluding hydrogens is 306 g/mol. The summed E-state index contributed by atoms with van der Waals surface area (Å²) < 4.78 is 10.7. The SMILES string of the molecule is CCCCCCCCOc1ccc(C(=O)OCCNC(C)=O)cc1. The van der Waals surface area contributed by atoms with E-state index in [4.69, 9.17) is 9.47 Å². The Bertz CT molecular complexity index is 485. The molecule has 0 bridgehead atoms. The Balaban J connectivity index is 2.20. The zero-order chi connectivity index (χ0) is 17.6. The predicted molar refractivity (Wildman–Crippen MR) is 94.3 cm³/mol. The van der Waals surface area contributed by atoms with Crippen LogP contribution in [0.4, 0.5) is 0 Å². The van der Waals surface area contributed by atoms with Gasteiger partial charge in [0.25, 0.3) is 0 Å². The molecule has 0 fully saturated rings. The van der Waals surface area contributed by atoms with Gasteiger partial charge in [-0.1, -0.05) is 39.0 Å². The van der Waals surface area contributed by atoms with Crippen molar-refractivity contribution >= 4 is 11.9 Å². The Kier molecular flexibility index (Phi) is 10.3. The fourth-order valence-corrected chi connectivity index (χ4v) is 2.21. The van der Waals surface area contributed by atoms with Crippen LogP contribution in [0, 0.1) is 0 Å². The van der Waals surface area contributed by atoms with Gasteiger partial charge in [-0.3, -0.25) is 4.79 Å². The van der Waals surface area contributed by atoms with Crippen molar-refractivity contribution in [3.05, 3.63) is 29.8 Å². The van der Waals surface area contributed by atoms with E-state index >= 15 is 0 Å². The van der Waals surface area contributed by atoms with Gasteiger partial charge in [0.1, 0.15) is 12.4 Å². The lowest BCUT2D eigenvalue weighted by Gasteiger charge is -2.08. The summed E-state index contributed by atoms with van der Waals surface area (Å²) in [7, 11) is 0. The minimum absolute atomic E-state index is 0.141. The molecule has 0 aromatic heterocycles. The molecule has 24 heavy (non-hydrogen) atoms.